The van der Waals surface area contributed by atoms with Gasteiger partial charge >= 0.3 is 0 Å². The van der Waals surface area contributed by atoms with Gasteiger partial charge in [-0.3, -0.25) is 4.79 Å². The molecular weight excluding hydrogens is 311 g/mol. The number of ketones is 1. The molecule has 23 heavy (non-hydrogen) atoms. The van der Waals surface area contributed by atoms with Crippen molar-refractivity contribution in [2.45, 2.75) is 63.0 Å². The van der Waals surface area contributed by atoms with Gasteiger partial charge in [0, 0.05) is 16.6 Å². The van der Waals surface area contributed by atoms with Crippen LogP contribution in [0.3, 0.4) is 0 Å². The van der Waals surface area contributed by atoms with Crippen LogP contribution in [-0.4, -0.2) is 27.9 Å². The number of hydrogen-bond acceptors (Lipinski definition) is 3. The lowest BCUT2D eigenvalue weighted by Gasteiger charge is -2.61. The van der Waals surface area contributed by atoms with Crippen LogP contribution in [0.15, 0.2) is 23.8 Å². The Morgan fingerprint density at radius 2 is 2.00 bits per heavy atom. The number of aliphatic hydroxyl groups excluding tert-OH is 1. The van der Waals surface area contributed by atoms with Gasteiger partial charge in [-0.1, -0.05) is 18.6 Å². The van der Waals surface area contributed by atoms with Crippen molar-refractivity contribution in [2.24, 2.45) is 22.7 Å². The Bertz CT molecular complexity index is 629. The average Bonchev–Trinajstić information content (AvgIpc) is 2.77. The molecule has 7 atom stereocenters. The molecule has 2 nitrogen and oxygen atoms in total. The van der Waals surface area contributed by atoms with Gasteiger partial charge in [0.2, 0.25) is 0 Å². The molecule has 0 aromatic heterocycles. The molecule has 4 aliphatic rings. The number of halogens is 1. The van der Waals surface area contributed by atoms with E-state index < -0.39 is 17.2 Å². The fourth-order valence-electron chi connectivity index (χ4n) is 6.18. The molecule has 3 fully saturated rings. The highest BCUT2D eigenvalue weighted by molar-refractivity contribution is 7.81. The summed E-state index contributed by atoms with van der Waals surface area (Å²) in [6.45, 7) is 4.05. The van der Waals surface area contributed by atoms with Gasteiger partial charge in [-0.15, -0.1) is 0 Å². The first-order valence-corrected chi connectivity index (χ1v) is 9.24. The van der Waals surface area contributed by atoms with Gasteiger partial charge in [0.1, 0.15) is 0 Å². The summed E-state index contributed by atoms with van der Waals surface area (Å²) >= 11 is 4.75. The van der Waals surface area contributed by atoms with Crippen LogP contribution in [0, 0.1) is 22.7 Å². The maximum Gasteiger partial charge on any atom is 0.178 e. The van der Waals surface area contributed by atoms with E-state index in [0.29, 0.717) is 6.42 Å². The zero-order chi connectivity index (χ0) is 16.6. The molecule has 0 amide bonds. The molecule has 0 aromatic rings. The van der Waals surface area contributed by atoms with Crippen LogP contribution in [0.2, 0.25) is 0 Å². The third-order valence-corrected chi connectivity index (χ3v) is 8.44. The molecule has 4 aliphatic carbocycles. The minimum atomic E-state index is -1.68. The lowest BCUT2D eigenvalue weighted by molar-refractivity contribution is -0.188. The average molecular weight is 336 g/mol. The first-order chi connectivity index (χ1) is 10.7. The van der Waals surface area contributed by atoms with Crippen molar-refractivity contribution in [1.29, 1.82) is 0 Å². The zero-order valence-corrected chi connectivity index (χ0v) is 14.7. The van der Waals surface area contributed by atoms with Gasteiger partial charge < -0.3 is 5.11 Å². The molecule has 4 rings (SSSR count). The molecular formula is C19H25FO2S. The highest BCUT2D eigenvalue weighted by Gasteiger charge is 2.69. The van der Waals surface area contributed by atoms with E-state index in [9.17, 15) is 9.90 Å². The smallest absolute Gasteiger partial charge is 0.178 e. The molecule has 0 saturated heterocycles. The molecule has 0 aliphatic heterocycles. The van der Waals surface area contributed by atoms with Gasteiger partial charge in [-0.05, 0) is 62.5 Å². The highest BCUT2D eigenvalue weighted by atomic mass is 32.1. The quantitative estimate of drug-likeness (QED) is 0.663. The van der Waals surface area contributed by atoms with Crippen molar-refractivity contribution in [3.05, 3.63) is 23.8 Å². The van der Waals surface area contributed by atoms with E-state index in [2.05, 4.69) is 6.92 Å². The second-order valence-electron chi connectivity index (χ2n) is 8.45. The largest absolute Gasteiger partial charge is 0.390 e. The second-order valence-corrected chi connectivity index (χ2v) is 9.07. The van der Waals surface area contributed by atoms with Crippen LogP contribution in [0.5, 0.6) is 0 Å². The van der Waals surface area contributed by atoms with E-state index in [1.807, 2.05) is 6.92 Å². The summed E-state index contributed by atoms with van der Waals surface area (Å²) in [5.41, 5.74) is -1.78. The van der Waals surface area contributed by atoms with Crippen LogP contribution in [-0.2, 0) is 4.79 Å². The van der Waals surface area contributed by atoms with Crippen LogP contribution in [0.4, 0.5) is 4.39 Å². The number of rotatable bonds is 0. The Kier molecular flexibility index (Phi) is 3.26. The second kappa shape index (κ2) is 4.72. The number of alkyl halides is 1. The predicted octanol–water partition coefficient (Wildman–Crippen LogP) is 3.66. The van der Waals surface area contributed by atoms with E-state index >= 15 is 4.39 Å². The fourth-order valence-corrected chi connectivity index (χ4v) is 6.63. The van der Waals surface area contributed by atoms with E-state index in [-0.39, 0.29) is 28.3 Å². The minimum absolute atomic E-state index is 0.0639. The topological polar surface area (TPSA) is 37.3 Å². The monoisotopic (exact) mass is 336 g/mol. The van der Waals surface area contributed by atoms with E-state index in [1.165, 1.54) is 6.08 Å². The van der Waals surface area contributed by atoms with Crippen LogP contribution < -0.4 is 0 Å². The molecule has 3 saturated carbocycles. The summed E-state index contributed by atoms with van der Waals surface area (Å²) < 4.78 is 16.5. The Labute approximate surface area is 142 Å². The first kappa shape index (κ1) is 15.9. The molecule has 1 N–H and O–H groups in total. The molecule has 126 valence electrons. The van der Waals surface area contributed by atoms with Crippen LogP contribution in [0.25, 0.3) is 0 Å². The van der Waals surface area contributed by atoms with Gasteiger partial charge in [-0.25, -0.2) is 4.39 Å². The Hall–Kier alpha value is -0.610. The zero-order valence-electron chi connectivity index (χ0n) is 13.8. The van der Waals surface area contributed by atoms with Crippen LogP contribution >= 0.6 is 12.6 Å². The van der Waals surface area contributed by atoms with Crippen molar-refractivity contribution in [3.8, 4) is 0 Å². The van der Waals surface area contributed by atoms with Gasteiger partial charge in [-0.2, -0.15) is 12.6 Å². The van der Waals surface area contributed by atoms with Gasteiger partial charge in [0.25, 0.3) is 0 Å². The maximum absolute atomic E-state index is 16.5. The Morgan fingerprint density at radius 1 is 1.26 bits per heavy atom. The SMILES string of the molecule is C[C@]12C[C@H](O)C3(F)[C@@H](CCC4=CC(=O)C=C[C@@]43C)[C@@H]1CC[C@@H]2S. The van der Waals surface area contributed by atoms with Crippen molar-refractivity contribution in [3.63, 3.8) is 0 Å². The number of carbonyl (C=O) groups is 1. The number of hydrogen-bond donors (Lipinski definition) is 2. The molecule has 0 radical (unpaired) electrons. The third kappa shape index (κ3) is 1.77. The van der Waals surface area contributed by atoms with Crippen molar-refractivity contribution < 1.29 is 14.3 Å². The molecule has 0 heterocycles. The van der Waals surface area contributed by atoms with Crippen LogP contribution in [0.1, 0.15) is 46.0 Å². The fraction of sp³-hybridized carbons (Fsp3) is 0.737. The first-order valence-electron chi connectivity index (χ1n) is 8.73. The number of fused-ring (bicyclic) bond motifs is 5. The number of carbonyl (C=O) groups excluding carboxylic acids is 1. The van der Waals surface area contributed by atoms with Crippen molar-refractivity contribution >= 4 is 18.4 Å². The number of thiol groups is 1. The summed E-state index contributed by atoms with van der Waals surface area (Å²) in [6.07, 6.45) is 7.70. The maximum atomic E-state index is 16.5. The molecule has 0 spiro atoms. The standard InChI is InChI=1S/C19H25FO2S/c1-17-10-15(22)19(20)14(13(17)5-6-16(17)23)4-3-11-9-12(21)7-8-18(11,19)2/h7-9,13-16,22-23H,3-6,10H2,1-2H3/t13-,14-,15-,16-,17-,18-,19?/m0/s1. The van der Waals surface area contributed by atoms with E-state index in [4.69, 9.17) is 12.6 Å². The highest BCUT2D eigenvalue weighted by Crippen LogP contribution is 2.68. The van der Waals surface area contributed by atoms with Crippen molar-refractivity contribution in [1.82, 2.24) is 0 Å². The number of aliphatic hydroxyl groups is 1. The lowest BCUT2D eigenvalue weighted by atomic mass is 9.46. The Morgan fingerprint density at radius 3 is 2.74 bits per heavy atom. The molecule has 1 unspecified atom stereocenters. The van der Waals surface area contributed by atoms with Gasteiger partial charge in [0.05, 0.1) is 6.10 Å². The molecule has 4 heteroatoms. The van der Waals surface area contributed by atoms with Gasteiger partial charge in [0.15, 0.2) is 11.5 Å². The third-order valence-electron chi connectivity index (χ3n) is 7.59. The van der Waals surface area contributed by atoms with Crippen molar-refractivity contribution in [2.75, 3.05) is 0 Å². The van der Waals surface area contributed by atoms with E-state index in [0.717, 1.165) is 31.3 Å². The Balaban J connectivity index is 1.83. The summed E-state index contributed by atoms with van der Waals surface area (Å²) in [4.78, 5) is 11.7. The summed E-state index contributed by atoms with van der Waals surface area (Å²) in [5, 5.41) is 11.1. The summed E-state index contributed by atoms with van der Waals surface area (Å²) in [6, 6.07) is 0. The lowest BCUT2D eigenvalue weighted by Crippen LogP contribution is -2.66. The summed E-state index contributed by atoms with van der Waals surface area (Å²) in [5.74, 6) is 0.0437. The molecule has 0 bridgehead atoms. The van der Waals surface area contributed by atoms with E-state index in [1.54, 1.807) is 12.2 Å². The minimum Gasteiger partial charge on any atom is -0.390 e. The predicted molar refractivity (Wildman–Crippen MR) is 91.1 cm³/mol. The number of allylic oxidation sites excluding steroid dienone is 4. The normalized spacial score (nSPS) is 55.0. The molecule has 0 aromatic carbocycles. The summed E-state index contributed by atoms with van der Waals surface area (Å²) in [7, 11) is 0.